The molecular formula is C16H13NO5S. The number of ether oxygens (including phenoxy) is 1. The normalized spacial score (nSPS) is 10.1. The maximum Gasteiger partial charge on any atom is 0.310 e. The minimum Gasteiger partial charge on any atom is -0.427 e. The standard InChI is InChI=1S/C16H13NO5S/c1-2-15(18)22-13-7-3-11(4-8-13)16(19)23-14-9-5-12(6-10-14)17(20)21/h3-10H,2H2,1H3. The van der Waals surface area contributed by atoms with Crippen LogP contribution in [-0.4, -0.2) is 16.0 Å². The molecule has 0 saturated carbocycles. The van der Waals surface area contributed by atoms with Crippen molar-refractivity contribution in [2.75, 3.05) is 0 Å². The summed E-state index contributed by atoms with van der Waals surface area (Å²) in [6.07, 6.45) is 0.274. The number of nitro benzene ring substituents is 1. The van der Waals surface area contributed by atoms with Crippen LogP contribution in [0.3, 0.4) is 0 Å². The van der Waals surface area contributed by atoms with Crippen LogP contribution in [0.2, 0.25) is 0 Å². The molecule has 0 aliphatic carbocycles. The fourth-order valence-electron chi connectivity index (χ4n) is 1.66. The molecular weight excluding hydrogens is 318 g/mol. The minimum atomic E-state index is -0.493. The van der Waals surface area contributed by atoms with Crippen LogP contribution in [0.4, 0.5) is 5.69 Å². The van der Waals surface area contributed by atoms with Gasteiger partial charge in [-0.3, -0.25) is 19.7 Å². The predicted octanol–water partition coefficient (Wildman–Crippen LogP) is 3.84. The van der Waals surface area contributed by atoms with Crippen LogP contribution in [0.5, 0.6) is 5.75 Å². The lowest BCUT2D eigenvalue weighted by molar-refractivity contribution is -0.384. The summed E-state index contributed by atoms with van der Waals surface area (Å²) in [6, 6.07) is 12.0. The average Bonchev–Trinajstić information content (AvgIpc) is 2.55. The van der Waals surface area contributed by atoms with E-state index in [2.05, 4.69) is 0 Å². The average molecular weight is 331 g/mol. The van der Waals surface area contributed by atoms with Crippen molar-refractivity contribution in [2.24, 2.45) is 0 Å². The van der Waals surface area contributed by atoms with Crippen molar-refractivity contribution in [3.05, 3.63) is 64.2 Å². The Morgan fingerprint density at radius 2 is 1.70 bits per heavy atom. The Morgan fingerprint density at radius 1 is 1.09 bits per heavy atom. The largest absolute Gasteiger partial charge is 0.427 e. The van der Waals surface area contributed by atoms with Gasteiger partial charge in [0.25, 0.3) is 5.69 Å². The van der Waals surface area contributed by atoms with Crippen LogP contribution in [0.1, 0.15) is 23.7 Å². The Balaban J connectivity index is 2.02. The first-order valence-corrected chi connectivity index (χ1v) is 7.58. The Bertz CT molecular complexity index is 725. The number of rotatable bonds is 5. The molecule has 0 bridgehead atoms. The van der Waals surface area contributed by atoms with Gasteiger partial charge in [0.2, 0.25) is 5.12 Å². The van der Waals surface area contributed by atoms with Crippen molar-refractivity contribution < 1.29 is 19.2 Å². The molecule has 0 radical (unpaired) electrons. The van der Waals surface area contributed by atoms with Crippen molar-refractivity contribution in [1.82, 2.24) is 0 Å². The van der Waals surface area contributed by atoms with Gasteiger partial charge in [-0.1, -0.05) is 6.92 Å². The lowest BCUT2D eigenvalue weighted by Gasteiger charge is -2.04. The molecule has 23 heavy (non-hydrogen) atoms. The third-order valence-electron chi connectivity index (χ3n) is 2.87. The van der Waals surface area contributed by atoms with E-state index in [0.29, 0.717) is 16.2 Å². The summed E-state index contributed by atoms with van der Waals surface area (Å²) in [4.78, 5) is 34.0. The summed E-state index contributed by atoms with van der Waals surface area (Å²) in [7, 11) is 0. The maximum atomic E-state index is 12.1. The number of thioether (sulfide) groups is 1. The first-order chi connectivity index (χ1) is 11.0. The molecule has 0 amide bonds. The molecule has 7 heteroatoms. The van der Waals surface area contributed by atoms with Crippen molar-refractivity contribution >= 4 is 28.5 Å². The third-order valence-corrected chi connectivity index (χ3v) is 3.80. The quantitative estimate of drug-likeness (QED) is 0.272. The fraction of sp³-hybridized carbons (Fsp3) is 0.125. The minimum absolute atomic E-state index is 0.0242. The van der Waals surface area contributed by atoms with Crippen LogP contribution in [0, 0.1) is 10.1 Å². The molecule has 0 atom stereocenters. The molecule has 0 fully saturated rings. The van der Waals surface area contributed by atoms with Gasteiger partial charge in [0.15, 0.2) is 0 Å². The highest BCUT2D eigenvalue weighted by Gasteiger charge is 2.11. The Morgan fingerprint density at radius 3 is 2.22 bits per heavy atom. The summed E-state index contributed by atoms with van der Waals surface area (Å²) in [5.41, 5.74) is 0.425. The lowest BCUT2D eigenvalue weighted by Crippen LogP contribution is -2.05. The smallest absolute Gasteiger partial charge is 0.310 e. The van der Waals surface area contributed by atoms with Crippen LogP contribution in [0.15, 0.2) is 53.4 Å². The lowest BCUT2D eigenvalue weighted by atomic mass is 10.2. The number of benzene rings is 2. The molecule has 6 nitrogen and oxygen atoms in total. The molecule has 0 heterocycles. The van der Waals surface area contributed by atoms with E-state index in [-0.39, 0.29) is 23.2 Å². The molecule has 2 rings (SSSR count). The number of carbonyl (C=O) groups excluding carboxylic acids is 2. The summed E-state index contributed by atoms with van der Waals surface area (Å²) in [5, 5.41) is 10.4. The number of esters is 1. The number of non-ortho nitro benzene ring substituents is 1. The van der Waals surface area contributed by atoms with Gasteiger partial charge in [0, 0.05) is 29.0 Å². The van der Waals surface area contributed by atoms with Gasteiger partial charge >= 0.3 is 5.97 Å². The molecule has 0 aliphatic rings. The zero-order valence-electron chi connectivity index (χ0n) is 12.2. The summed E-state index contributed by atoms with van der Waals surface area (Å²) in [5.74, 6) is 0.0399. The molecule has 0 spiro atoms. The maximum absolute atomic E-state index is 12.1. The van der Waals surface area contributed by atoms with Crippen LogP contribution in [-0.2, 0) is 4.79 Å². The van der Waals surface area contributed by atoms with E-state index >= 15 is 0 Å². The number of carbonyl (C=O) groups is 2. The van der Waals surface area contributed by atoms with Gasteiger partial charge in [-0.25, -0.2) is 0 Å². The first kappa shape index (κ1) is 16.7. The SMILES string of the molecule is CCC(=O)Oc1ccc(C(=O)Sc2ccc([N+](=O)[O-])cc2)cc1. The molecule has 0 aromatic heterocycles. The van der Waals surface area contributed by atoms with Gasteiger partial charge in [0.1, 0.15) is 5.75 Å². The highest BCUT2D eigenvalue weighted by Crippen LogP contribution is 2.25. The van der Waals surface area contributed by atoms with E-state index in [9.17, 15) is 19.7 Å². The van der Waals surface area contributed by atoms with Gasteiger partial charge in [0.05, 0.1) is 4.92 Å². The van der Waals surface area contributed by atoms with Gasteiger partial charge in [-0.05, 0) is 48.2 Å². The van der Waals surface area contributed by atoms with Crippen molar-refractivity contribution in [3.8, 4) is 5.75 Å². The Labute approximate surface area is 136 Å². The number of hydrogen-bond acceptors (Lipinski definition) is 6. The van der Waals surface area contributed by atoms with Crippen molar-refractivity contribution in [2.45, 2.75) is 18.2 Å². The van der Waals surface area contributed by atoms with E-state index in [1.807, 2.05) is 0 Å². The van der Waals surface area contributed by atoms with Crippen LogP contribution >= 0.6 is 11.8 Å². The van der Waals surface area contributed by atoms with Gasteiger partial charge < -0.3 is 4.74 Å². The van der Waals surface area contributed by atoms with Crippen LogP contribution < -0.4 is 4.74 Å². The first-order valence-electron chi connectivity index (χ1n) is 6.77. The monoisotopic (exact) mass is 331 g/mol. The number of nitro groups is 1. The molecule has 0 N–H and O–H groups in total. The van der Waals surface area contributed by atoms with Crippen molar-refractivity contribution in [3.63, 3.8) is 0 Å². The second-order valence-electron chi connectivity index (χ2n) is 4.49. The summed E-state index contributed by atoms with van der Waals surface area (Å²) < 4.78 is 5.03. The fourth-order valence-corrected chi connectivity index (χ4v) is 2.40. The number of hydrogen-bond donors (Lipinski definition) is 0. The van der Waals surface area contributed by atoms with E-state index in [1.54, 1.807) is 31.2 Å². The second-order valence-corrected chi connectivity index (χ2v) is 5.54. The van der Waals surface area contributed by atoms with E-state index in [4.69, 9.17) is 4.74 Å². The molecule has 2 aromatic rings. The van der Waals surface area contributed by atoms with E-state index in [0.717, 1.165) is 11.8 Å². The highest BCUT2D eigenvalue weighted by molar-refractivity contribution is 8.14. The Hall–Kier alpha value is -2.67. The van der Waals surface area contributed by atoms with Crippen molar-refractivity contribution in [1.29, 1.82) is 0 Å². The second kappa shape index (κ2) is 7.55. The molecule has 0 saturated heterocycles. The van der Waals surface area contributed by atoms with E-state index < -0.39 is 4.92 Å². The summed E-state index contributed by atoms with van der Waals surface area (Å²) in [6.45, 7) is 1.70. The summed E-state index contributed by atoms with van der Waals surface area (Å²) >= 11 is 0.972. The topological polar surface area (TPSA) is 86.5 Å². The van der Waals surface area contributed by atoms with Gasteiger partial charge in [-0.2, -0.15) is 0 Å². The molecule has 0 aliphatic heterocycles. The molecule has 0 unspecified atom stereocenters. The molecule has 118 valence electrons. The Kier molecular flexibility index (Phi) is 5.48. The zero-order valence-corrected chi connectivity index (χ0v) is 13.0. The van der Waals surface area contributed by atoms with Gasteiger partial charge in [-0.15, -0.1) is 0 Å². The third kappa shape index (κ3) is 4.65. The van der Waals surface area contributed by atoms with Crippen LogP contribution in [0.25, 0.3) is 0 Å². The number of nitrogens with zero attached hydrogens (tertiary/aromatic N) is 1. The highest BCUT2D eigenvalue weighted by atomic mass is 32.2. The predicted molar refractivity (Wildman–Crippen MR) is 85.7 cm³/mol. The zero-order chi connectivity index (χ0) is 16.8. The molecule has 2 aromatic carbocycles. The van der Waals surface area contributed by atoms with E-state index in [1.165, 1.54) is 24.3 Å².